The highest BCUT2D eigenvalue weighted by atomic mass is 19.1. The zero-order chi connectivity index (χ0) is 21.5. The summed E-state index contributed by atoms with van der Waals surface area (Å²) in [5.41, 5.74) is 1.48. The molecule has 0 bridgehead atoms. The van der Waals surface area contributed by atoms with Crippen molar-refractivity contribution in [3.8, 4) is 11.3 Å². The van der Waals surface area contributed by atoms with Gasteiger partial charge in [0.25, 0.3) is 0 Å². The van der Waals surface area contributed by atoms with Crippen molar-refractivity contribution in [3.63, 3.8) is 0 Å². The second kappa shape index (κ2) is 9.96. The standard InChI is InChI=1S/C22H26FN5O2/c1-3-11-28(17(2)29)16-22(30)27-13-4-12-26(14-15-27)21-10-9-20(24-25-21)18-5-7-19(23)8-6-18/h3,5-10H,1,4,11-16H2,2H3. The Morgan fingerprint density at radius 2 is 1.87 bits per heavy atom. The molecule has 1 aliphatic heterocycles. The molecule has 1 aliphatic rings. The van der Waals surface area contributed by atoms with E-state index in [2.05, 4.69) is 21.7 Å². The van der Waals surface area contributed by atoms with Crippen molar-refractivity contribution < 1.29 is 14.0 Å². The van der Waals surface area contributed by atoms with Crippen LogP contribution in [0.4, 0.5) is 10.2 Å². The molecule has 0 radical (unpaired) electrons. The van der Waals surface area contributed by atoms with Crippen molar-refractivity contribution in [1.82, 2.24) is 20.0 Å². The van der Waals surface area contributed by atoms with Crippen molar-refractivity contribution in [2.24, 2.45) is 0 Å². The van der Waals surface area contributed by atoms with E-state index >= 15 is 0 Å². The number of carbonyl (C=O) groups is 2. The van der Waals surface area contributed by atoms with Crippen LogP contribution in [0.5, 0.6) is 0 Å². The lowest BCUT2D eigenvalue weighted by molar-refractivity contribution is -0.138. The fourth-order valence-corrected chi connectivity index (χ4v) is 3.39. The minimum Gasteiger partial charge on any atom is -0.353 e. The average molecular weight is 411 g/mol. The Morgan fingerprint density at radius 1 is 1.10 bits per heavy atom. The van der Waals surface area contributed by atoms with Crippen LogP contribution >= 0.6 is 0 Å². The lowest BCUT2D eigenvalue weighted by Crippen LogP contribution is -2.43. The zero-order valence-corrected chi connectivity index (χ0v) is 17.1. The third kappa shape index (κ3) is 5.40. The van der Waals surface area contributed by atoms with Crippen LogP contribution in [-0.2, 0) is 9.59 Å². The largest absolute Gasteiger partial charge is 0.353 e. The summed E-state index contributed by atoms with van der Waals surface area (Å²) in [6, 6.07) is 9.89. The van der Waals surface area contributed by atoms with E-state index in [-0.39, 0.29) is 24.2 Å². The van der Waals surface area contributed by atoms with Gasteiger partial charge < -0.3 is 14.7 Å². The maximum Gasteiger partial charge on any atom is 0.242 e. The van der Waals surface area contributed by atoms with Crippen molar-refractivity contribution in [2.45, 2.75) is 13.3 Å². The van der Waals surface area contributed by atoms with Gasteiger partial charge in [0.2, 0.25) is 11.8 Å². The van der Waals surface area contributed by atoms with E-state index in [1.807, 2.05) is 12.1 Å². The molecule has 0 aliphatic carbocycles. The highest BCUT2D eigenvalue weighted by molar-refractivity contribution is 5.84. The molecule has 8 heteroatoms. The van der Waals surface area contributed by atoms with Crippen molar-refractivity contribution in [3.05, 3.63) is 54.9 Å². The second-order valence-corrected chi connectivity index (χ2v) is 7.19. The third-order valence-corrected chi connectivity index (χ3v) is 5.08. The molecule has 7 nitrogen and oxygen atoms in total. The Bertz CT molecular complexity index is 885. The Hall–Kier alpha value is -3.29. The van der Waals surface area contributed by atoms with Crippen LogP contribution in [0, 0.1) is 5.82 Å². The number of nitrogens with zero attached hydrogens (tertiary/aromatic N) is 5. The number of hydrogen-bond donors (Lipinski definition) is 0. The molecular formula is C22H26FN5O2. The molecule has 0 saturated carbocycles. The van der Waals surface area contributed by atoms with Gasteiger partial charge in [0.05, 0.1) is 5.69 Å². The molecular weight excluding hydrogens is 385 g/mol. The summed E-state index contributed by atoms with van der Waals surface area (Å²) >= 11 is 0. The first-order chi connectivity index (χ1) is 14.5. The number of anilines is 1. The van der Waals surface area contributed by atoms with Gasteiger partial charge in [0.1, 0.15) is 12.4 Å². The van der Waals surface area contributed by atoms with Gasteiger partial charge in [-0.15, -0.1) is 16.8 Å². The first-order valence-corrected chi connectivity index (χ1v) is 9.96. The van der Waals surface area contributed by atoms with Crippen molar-refractivity contribution in [1.29, 1.82) is 0 Å². The molecule has 1 saturated heterocycles. The molecule has 0 unspecified atom stereocenters. The number of aromatic nitrogens is 2. The van der Waals surface area contributed by atoms with Crippen LogP contribution in [0.3, 0.4) is 0 Å². The van der Waals surface area contributed by atoms with Crippen LogP contribution in [0.2, 0.25) is 0 Å². The number of benzene rings is 1. The van der Waals surface area contributed by atoms with Gasteiger partial charge in [0, 0.05) is 45.2 Å². The van der Waals surface area contributed by atoms with Gasteiger partial charge in [-0.1, -0.05) is 6.08 Å². The van der Waals surface area contributed by atoms with Crippen LogP contribution in [0.15, 0.2) is 49.1 Å². The fourth-order valence-electron chi connectivity index (χ4n) is 3.39. The van der Waals surface area contributed by atoms with E-state index in [0.29, 0.717) is 31.9 Å². The van der Waals surface area contributed by atoms with E-state index in [4.69, 9.17) is 0 Å². The van der Waals surface area contributed by atoms with Crippen LogP contribution < -0.4 is 4.90 Å². The van der Waals surface area contributed by atoms with Crippen LogP contribution in [0.1, 0.15) is 13.3 Å². The smallest absolute Gasteiger partial charge is 0.242 e. The molecule has 30 heavy (non-hydrogen) atoms. The highest BCUT2D eigenvalue weighted by Gasteiger charge is 2.22. The minimum atomic E-state index is -0.289. The summed E-state index contributed by atoms with van der Waals surface area (Å²) < 4.78 is 13.1. The van der Waals surface area contributed by atoms with Gasteiger partial charge in [-0.3, -0.25) is 9.59 Å². The number of carbonyl (C=O) groups excluding carboxylic acids is 2. The van der Waals surface area contributed by atoms with E-state index in [9.17, 15) is 14.0 Å². The number of hydrogen-bond acceptors (Lipinski definition) is 5. The number of halogens is 1. The molecule has 0 N–H and O–H groups in total. The summed E-state index contributed by atoms with van der Waals surface area (Å²) in [7, 11) is 0. The highest BCUT2D eigenvalue weighted by Crippen LogP contribution is 2.20. The summed E-state index contributed by atoms with van der Waals surface area (Å²) in [5.74, 6) is 0.248. The zero-order valence-electron chi connectivity index (χ0n) is 17.1. The van der Waals surface area contributed by atoms with Crippen molar-refractivity contribution >= 4 is 17.6 Å². The van der Waals surface area contributed by atoms with Gasteiger partial charge in [-0.2, -0.15) is 0 Å². The maximum atomic E-state index is 13.1. The SMILES string of the molecule is C=CCN(CC(=O)N1CCCN(c2ccc(-c3ccc(F)cc3)nn2)CC1)C(C)=O. The number of amides is 2. The molecule has 2 aromatic rings. The van der Waals surface area contributed by atoms with E-state index in [0.717, 1.165) is 24.3 Å². The molecule has 1 aromatic heterocycles. The predicted molar refractivity (Wildman–Crippen MR) is 113 cm³/mol. The lowest BCUT2D eigenvalue weighted by Gasteiger charge is -2.25. The normalized spacial score (nSPS) is 14.2. The van der Waals surface area contributed by atoms with Gasteiger partial charge in [-0.05, 0) is 42.8 Å². The van der Waals surface area contributed by atoms with Gasteiger partial charge in [-0.25, -0.2) is 4.39 Å². The maximum absolute atomic E-state index is 13.1. The first kappa shape index (κ1) is 21.4. The van der Waals surface area contributed by atoms with Crippen molar-refractivity contribution in [2.75, 3.05) is 44.2 Å². The van der Waals surface area contributed by atoms with Crippen LogP contribution in [0.25, 0.3) is 11.3 Å². The second-order valence-electron chi connectivity index (χ2n) is 7.19. The summed E-state index contributed by atoms with van der Waals surface area (Å²) in [6.45, 7) is 8.10. The molecule has 158 valence electrons. The topological polar surface area (TPSA) is 69.6 Å². The Balaban J connectivity index is 1.60. The summed E-state index contributed by atoms with van der Waals surface area (Å²) in [4.78, 5) is 29.7. The molecule has 2 heterocycles. The van der Waals surface area contributed by atoms with E-state index in [1.54, 1.807) is 23.1 Å². The Labute approximate surface area is 175 Å². The third-order valence-electron chi connectivity index (χ3n) is 5.08. The first-order valence-electron chi connectivity index (χ1n) is 9.96. The fraction of sp³-hybridized carbons (Fsp3) is 0.364. The molecule has 1 aromatic carbocycles. The van der Waals surface area contributed by atoms with Gasteiger partial charge in [0.15, 0.2) is 5.82 Å². The quantitative estimate of drug-likeness (QED) is 0.683. The molecule has 2 amide bonds. The Morgan fingerprint density at radius 3 is 2.50 bits per heavy atom. The van der Waals surface area contributed by atoms with Gasteiger partial charge >= 0.3 is 0 Å². The average Bonchev–Trinajstić information content (AvgIpc) is 3.00. The van der Waals surface area contributed by atoms with E-state index in [1.165, 1.54) is 24.0 Å². The molecule has 3 rings (SSSR count). The summed E-state index contributed by atoms with van der Waals surface area (Å²) in [6.07, 6.45) is 2.42. The molecule has 0 spiro atoms. The molecule has 0 atom stereocenters. The van der Waals surface area contributed by atoms with Crippen LogP contribution in [-0.4, -0.2) is 71.1 Å². The monoisotopic (exact) mass is 411 g/mol. The van der Waals surface area contributed by atoms with E-state index < -0.39 is 0 Å². The Kier molecular flexibility index (Phi) is 7.11. The minimum absolute atomic E-state index is 0.0630. The lowest BCUT2D eigenvalue weighted by atomic mass is 10.1. The molecule has 1 fully saturated rings. The predicted octanol–water partition coefficient (Wildman–Crippen LogP) is 2.36. The number of rotatable bonds is 6. The summed E-state index contributed by atoms with van der Waals surface area (Å²) in [5, 5.41) is 8.59.